The van der Waals surface area contributed by atoms with E-state index in [1.54, 1.807) is 27.7 Å². The summed E-state index contributed by atoms with van der Waals surface area (Å²) in [4.78, 5) is 48.5. The Labute approximate surface area is 244 Å². The van der Waals surface area contributed by atoms with E-state index in [0.29, 0.717) is 13.0 Å². The predicted molar refractivity (Wildman–Crippen MR) is 164 cm³/mol. The van der Waals surface area contributed by atoms with Crippen LogP contribution in [0.4, 0.5) is 4.79 Å². The van der Waals surface area contributed by atoms with Gasteiger partial charge in [-0.25, -0.2) is 4.79 Å². The minimum Gasteiger partial charge on any atom is -0.445 e. The Kier molecular flexibility index (Phi) is 20.2. The lowest BCUT2D eigenvalue weighted by Gasteiger charge is -2.24. The molecule has 1 atom stereocenters. The monoisotopic (exact) mass is 566 g/mol. The number of amides is 2. The van der Waals surface area contributed by atoms with Crippen molar-refractivity contribution >= 4 is 23.6 Å². The van der Waals surface area contributed by atoms with Crippen LogP contribution >= 0.6 is 0 Å². The number of rotatable bonds is 5. The fraction of sp³-hybridized carbons (Fsp3) is 0.688. The average molecular weight is 567 g/mol. The van der Waals surface area contributed by atoms with E-state index in [9.17, 15) is 19.2 Å². The number of aliphatic hydroxyl groups is 1. The third-order valence-electron chi connectivity index (χ3n) is 5.31. The second kappa shape index (κ2) is 19.4. The van der Waals surface area contributed by atoms with Gasteiger partial charge in [0.1, 0.15) is 18.4 Å². The lowest BCUT2D eigenvalue weighted by atomic mass is 9.91. The van der Waals surface area contributed by atoms with Crippen LogP contribution in [-0.2, 0) is 25.7 Å². The highest BCUT2D eigenvalue weighted by Crippen LogP contribution is 2.20. The molecular weight excluding hydrogens is 508 g/mol. The summed E-state index contributed by atoms with van der Waals surface area (Å²) in [5, 5.41) is 11.2. The summed E-state index contributed by atoms with van der Waals surface area (Å²) in [7, 11) is 0. The largest absolute Gasteiger partial charge is 0.445 e. The highest BCUT2D eigenvalue weighted by molar-refractivity contribution is 5.92. The van der Waals surface area contributed by atoms with Gasteiger partial charge in [-0.1, -0.05) is 93.1 Å². The third-order valence-corrected chi connectivity index (χ3v) is 5.31. The molecule has 0 bridgehead atoms. The van der Waals surface area contributed by atoms with Gasteiger partial charge in [-0.15, -0.1) is 0 Å². The van der Waals surface area contributed by atoms with Gasteiger partial charge in [0.05, 0.1) is 12.1 Å². The Morgan fingerprint density at radius 3 is 1.77 bits per heavy atom. The van der Waals surface area contributed by atoms with Crippen LogP contribution in [0.2, 0.25) is 0 Å². The molecule has 1 heterocycles. The molecule has 1 aromatic rings. The summed E-state index contributed by atoms with van der Waals surface area (Å²) in [6.45, 7) is 22.6. The molecule has 0 spiro atoms. The lowest BCUT2D eigenvalue weighted by Crippen LogP contribution is -2.48. The molecule has 2 amide bonds. The first kappa shape index (κ1) is 41.7. The zero-order chi connectivity index (χ0) is 31.0. The zero-order valence-electron chi connectivity index (χ0n) is 26.4. The van der Waals surface area contributed by atoms with Gasteiger partial charge in [0.25, 0.3) is 0 Å². The van der Waals surface area contributed by atoms with Crippen LogP contribution < -0.4 is 5.32 Å². The molecule has 1 unspecified atom stereocenters. The topological polar surface area (TPSA) is 113 Å². The van der Waals surface area contributed by atoms with Gasteiger partial charge in [0.15, 0.2) is 5.78 Å². The molecule has 1 fully saturated rings. The van der Waals surface area contributed by atoms with E-state index in [-0.39, 0.29) is 43.5 Å². The Morgan fingerprint density at radius 2 is 1.38 bits per heavy atom. The van der Waals surface area contributed by atoms with Crippen LogP contribution in [0.1, 0.15) is 109 Å². The fourth-order valence-corrected chi connectivity index (χ4v) is 2.61. The van der Waals surface area contributed by atoms with Crippen LogP contribution in [0, 0.1) is 10.8 Å². The van der Waals surface area contributed by atoms with Gasteiger partial charge in [-0.2, -0.15) is 0 Å². The summed E-state index contributed by atoms with van der Waals surface area (Å²) in [5.74, 6) is -0.101. The molecule has 2 rings (SSSR count). The quantitative estimate of drug-likeness (QED) is 0.416. The maximum atomic E-state index is 12.4. The summed E-state index contributed by atoms with van der Waals surface area (Å²) in [6.07, 6.45) is 0.825. The van der Waals surface area contributed by atoms with E-state index in [4.69, 9.17) is 9.84 Å². The molecule has 1 aliphatic heterocycles. The van der Waals surface area contributed by atoms with Crippen LogP contribution in [0.5, 0.6) is 0 Å². The molecule has 1 saturated heterocycles. The third kappa shape index (κ3) is 20.2. The molecule has 0 aromatic heterocycles. The first-order valence-electron chi connectivity index (χ1n) is 13.7. The highest BCUT2D eigenvalue weighted by Gasteiger charge is 2.35. The van der Waals surface area contributed by atoms with Crippen molar-refractivity contribution in [2.24, 2.45) is 10.8 Å². The molecule has 2 N–H and O–H groups in total. The SMILES string of the molecule is C.CC.CC(=O)C(C)(C)C.CC(C)(C)C(=O)CNC(=O)C1CCCN1C(=O)OCc1ccccc1.CC(C)(C)O. The number of Topliss-reactive ketones (excluding diaryl/α,β-unsaturated/α-hetero) is 2. The second-order valence-electron chi connectivity index (χ2n) is 12.3. The fourth-order valence-electron chi connectivity index (χ4n) is 2.61. The Morgan fingerprint density at radius 1 is 0.925 bits per heavy atom. The number of hydrogen-bond acceptors (Lipinski definition) is 6. The number of carbonyl (C=O) groups is 4. The minimum absolute atomic E-state index is 0. The minimum atomic E-state index is -0.573. The number of hydrogen-bond donors (Lipinski definition) is 2. The van der Waals surface area contributed by atoms with Crippen molar-refractivity contribution in [2.45, 2.75) is 122 Å². The van der Waals surface area contributed by atoms with E-state index >= 15 is 0 Å². The number of ether oxygens (including phenoxy) is 1. The van der Waals surface area contributed by atoms with Crippen LogP contribution in [-0.4, -0.2) is 58.3 Å². The summed E-state index contributed by atoms with van der Waals surface area (Å²) < 4.78 is 5.31. The molecule has 0 radical (unpaired) electrons. The maximum absolute atomic E-state index is 12.4. The van der Waals surface area contributed by atoms with Crippen molar-refractivity contribution < 1.29 is 29.0 Å². The number of nitrogens with zero attached hydrogens (tertiary/aromatic N) is 1. The first-order chi connectivity index (χ1) is 17.7. The van der Waals surface area contributed by atoms with E-state index in [1.165, 1.54) is 4.90 Å². The summed E-state index contributed by atoms with van der Waals surface area (Å²) in [6, 6.07) is 8.82. The maximum Gasteiger partial charge on any atom is 0.410 e. The average Bonchev–Trinajstić information content (AvgIpc) is 3.31. The van der Waals surface area contributed by atoms with Crippen molar-refractivity contribution in [1.29, 1.82) is 0 Å². The van der Waals surface area contributed by atoms with Gasteiger partial charge >= 0.3 is 6.09 Å². The summed E-state index contributed by atoms with van der Waals surface area (Å²) >= 11 is 0. The van der Waals surface area contributed by atoms with Crippen molar-refractivity contribution in [3.63, 3.8) is 0 Å². The van der Waals surface area contributed by atoms with Crippen molar-refractivity contribution in [1.82, 2.24) is 10.2 Å². The van der Waals surface area contributed by atoms with Crippen LogP contribution in [0.15, 0.2) is 30.3 Å². The number of ketones is 2. The zero-order valence-corrected chi connectivity index (χ0v) is 26.4. The van der Waals surface area contributed by atoms with Crippen molar-refractivity contribution in [2.75, 3.05) is 13.1 Å². The van der Waals surface area contributed by atoms with Gasteiger partial charge < -0.3 is 15.2 Å². The van der Waals surface area contributed by atoms with Crippen molar-refractivity contribution in [3.8, 4) is 0 Å². The van der Waals surface area contributed by atoms with E-state index < -0.39 is 23.2 Å². The summed E-state index contributed by atoms with van der Waals surface area (Å²) in [5.41, 5.74) is -0.246. The molecule has 0 aliphatic carbocycles. The second-order valence-corrected chi connectivity index (χ2v) is 12.3. The van der Waals surface area contributed by atoms with Crippen LogP contribution in [0.25, 0.3) is 0 Å². The number of benzene rings is 1. The number of carbonyl (C=O) groups excluding carboxylic acids is 4. The molecule has 8 nitrogen and oxygen atoms in total. The Bertz CT molecular complexity index is 871. The van der Waals surface area contributed by atoms with Gasteiger partial charge in [0, 0.05) is 17.4 Å². The lowest BCUT2D eigenvalue weighted by molar-refractivity contribution is -0.130. The Hall–Kier alpha value is -2.74. The number of nitrogens with one attached hydrogen (secondary N) is 1. The van der Waals surface area contributed by atoms with Gasteiger partial charge in [-0.05, 0) is 46.1 Å². The first-order valence-corrected chi connectivity index (χ1v) is 13.7. The Balaban J connectivity index is -0.000000761. The van der Waals surface area contributed by atoms with E-state index in [1.807, 2.05) is 85.7 Å². The number of likely N-dealkylation sites (tertiary alicyclic amines) is 1. The predicted octanol–water partition coefficient (Wildman–Crippen LogP) is 6.58. The molecule has 232 valence electrons. The van der Waals surface area contributed by atoms with Crippen LogP contribution in [0.3, 0.4) is 0 Å². The molecule has 1 aliphatic rings. The van der Waals surface area contributed by atoms with Gasteiger partial charge in [0.2, 0.25) is 5.91 Å². The normalized spacial score (nSPS) is 14.4. The molecular formula is C32H58N2O6. The molecule has 40 heavy (non-hydrogen) atoms. The molecule has 8 heteroatoms. The smallest absolute Gasteiger partial charge is 0.410 e. The standard InChI is InChI=1S/C19H26N2O4.C6H12O.C4H10O.C2H6.CH4/c1-19(2,3)16(22)12-20-17(23)15-10-7-11-21(15)18(24)25-13-14-8-5-4-6-9-14;1-5(7)6(2,3)4;1-4(2,3)5;1-2;/h4-6,8-9,15H,7,10-13H2,1-3H3,(H,20,23);1-4H3;5H,1-3H3;1-2H3;1H4. The molecule has 0 saturated carbocycles. The van der Waals surface area contributed by atoms with Crippen molar-refractivity contribution in [3.05, 3.63) is 35.9 Å². The highest BCUT2D eigenvalue weighted by atomic mass is 16.6. The van der Waals surface area contributed by atoms with E-state index in [0.717, 1.165) is 12.0 Å². The van der Waals surface area contributed by atoms with Gasteiger partial charge in [-0.3, -0.25) is 19.3 Å². The van der Waals surface area contributed by atoms with E-state index in [2.05, 4.69) is 5.32 Å². The molecule has 1 aromatic carbocycles.